The predicted molar refractivity (Wildman–Crippen MR) is 52.6 cm³/mol. The molecule has 0 aromatic carbocycles. The van der Waals surface area contributed by atoms with Gasteiger partial charge in [0.15, 0.2) is 11.4 Å². The standard InChI is InChI=1S/C10H10N2O2/c1-6-3-8(13)10-11-7(2)4-9(14)12(10)5-6/h3-5,13H,1-2H3. The SMILES string of the molecule is Cc1cc(O)c2nc(C)cc(=O)n2c1. The number of nitrogens with zero attached hydrogens (tertiary/aromatic N) is 2. The third-order valence-electron chi connectivity index (χ3n) is 2.01. The monoisotopic (exact) mass is 190 g/mol. The number of pyridine rings is 1. The molecule has 0 spiro atoms. The van der Waals surface area contributed by atoms with E-state index >= 15 is 0 Å². The zero-order chi connectivity index (χ0) is 10.3. The molecule has 2 aromatic heterocycles. The van der Waals surface area contributed by atoms with Crippen LogP contribution in [0.3, 0.4) is 0 Å². The molecule has 0 aliphatic carbocycles. The number of aromatic hydroxyl groups is 1. The Kier molecular flexibility index (Phi) is 1.77. The number of aromatic nitrogens is 2. The smallest absolute Gasteiger partial charge is 0.258 e. The van der Waals surface area contributed by atoms with E-state index in [9.17, 15) is 9.90 Å². The van der Waals surface area contributed by atoms with Crippen LogP contribution in [0.1, 0.15) is 11.3 Å². The number of hydrogen-bond acceptors (Lipinski definition) is 3. The fourth-order valence-corrected chi connectivity index (χ4v) is 1.43. The molecule has 0 aliphatic rings. The second-order valence-corrected chi connectivity index (χ2v) is 3.33. The summed E-state index contributed by atoms with van der Waals surface area (Å²) in [6, 6.07) is 3.02. The minimum Gasteiger partial charge on any atom is -0.504 e. The Labute approximate surface area is 80.5 Å². The van der Waals surface area contributed by atoms with E-state index in [1.54, 1.807) is 19.2 Å². The van der Waals surface area contributed by atoms with Gasteiger partial charge in [-0.25, -0.2) is 4.98 Å². The van der Waals surface area contributed by atoms with Crippen molar-refractivity contribution in [2.45, 2.75) is 13.8 Å². The number of fused-ring (bicyclic) bond motifs is 1. The molecule has 4 nitrogen and oxygen atoms in total. The molecule has 0 aliphatic heterocycles. The van der Waals surface area contributed by atoms with E-state index in [0.29, 0.717) is 11.3 Å². The minimum absolute atomic E-state index is 0.0331. The van der Waals surface area contributed by atoms with E-state index in [1.165, 1.54) is 10.5 Å². The zero-order valence-electron chi connectivity index (χ0n) is 7.98. The van der Waals surface area contributed by atoms with Crippen LogP contribution in [0.25, 0.3) is 5.65 Å². The molecule has 0 atom stereocenters. The first-order valence-electron chi connectivity index (χ1n) is 4.27. The van der Waals surface area contributed by atoms with Gasteiger partial charge in [-0.05, 0) is 25.5 Å². The lowest BCUT2D eigenvalue weighted by molar-refractivity contribution is 0.476. The van der Waals surface area contributed by atoms with E-state index in [1.807, 2.05) is 6.92 Å². The highest BCUT2D eigenvalue weighted by atomic mass is 16.3. The van der Waals surface area contributed by atoms with Gasteiger partial charge in [-0.2, -0.15) is 0 Å². The van der Waals surface area contributed by atoms with Crippen molar-refractivity contribution in [3.05, 3.63) is 39.9 Å². The largest absolute Gasteiger partial charge is 0.504 e. The van der Waals surface area contributed by atoms with Crippen molar-refractivity contribution in [2.24, 2.45) is 0 Å². The average molecular weight is 190 g/mol. The number of aryl methyl sites for hydroxylation is 2. The van der Waals surface area contributed by atoms with Crippen LogP contribution in [0.2, 0.25) is 0 Å². The third-order valence-corrected chi connectivity index (χ3v) is 2.01. The maximum absolute atomic E-state index is 11.5. The first-order chi connectivity index (χ1) is 6.58. The van der Waals surface area contributed by atoms with Gasteiger partial charge in [0.1, 0.15) is 0 Å². The molecule has 0 fully saturated rings. The summed E-state index contributed by atoms with van der Waals surface area (Å²) in [6.07, 6.45) is 1.66. The summed E-state index contributed by atoms with van der Waals surface area (Å²) in [6.45, 7) is 3.53. The normalized spacial score (nSPS) is 10.7. The van der Waals surface area contributed by atoms with Crippen molar-refractivity contribution >= 4 is 5.65 Å². The van der Waals surface area contributed by atoms with E-state index in [2.05, 4.69) is 4.98 Å². The summed E-state index contributed by atoms with van der Waals surface area (Å²) < 4.78 is 1.34. The van der Waals surface area contributed by atoms with Crippen molar-refractivity contribution in [1.29, 1.82) is 0 Å². The lowest BCUT2D eigenvalue weighted by Gasteiger charge is -2.04. The highest BCUT2D eigenvalue weighted by Crippen LogP contribution is 2.16. The van der Waals surface area contributed by atoms with Crippen LogP contribution in [0, 0.1) is 13.8 Å². The summed E-state index contributed by atoms with van der Waals surface area (Å²) in [4.78, 5) is 15.6. The van der Waals surface area contributed by atoms with Crippen molar-refractivity contribution in [2.75, 3.05) is 0 Å². The summed E-state index contributed by atoms with van der Waals surface area (Å²) >= 11 is 0. The Hall–Kier alpha value is -1.84. The molecule has 2 rings (SSSR count). The van der Waals surface area contributed by atoms with Gasteiger partial charge in [0.2, 0.25) is 0 Å². The molecule has 14 heavy (non-hydrogen) atoms. The first kappa shape index (κ1) is 8.74. The molecular formula is C10H10N2O2. The van der Waals surface area contributed by atoms with Crippen molar-refractivity contribution in [3.8, 4) is 5.75 Å². The van der Waals surface area contributed by atoms with Gasteiger partial charge in [-0.15, -0.1) is 0 Å². The molecule has 0 saturated heterocycles. The molecule has 2 aromatic rings. The van der Waals surface area contributed by atoms with Gasteiger partial charge < -0.3 is 5.11 Å². The van der Waals surface area contributed by atoms with Gasteiger partial charge in [0, 0.05) is 18.0 Å². The van der Waals surface area contributed by atoms with E-state index in [-0.39, 0.29) is 11.3 Å². The second kappa shape index (κ2) is 2.83. The molecule has 0 saturated carbocycles. The molecule has 0 bridgehead atoms. The Morgan fingerprint density at radius 1 is 1.36 bits per heavy atom. The van der Waals surface area contributed by atoms with Crippen molar-refractivity contribution < 1.29 is 5.11 Å². The second-order valence-electron chi connectivity index (χ2n) is 3.33. The fraction of sp³-hybridized carbons (Fsp3) is 0.200. The van der Waals surface area contributed by atoms with E-state index < -0.39 is 0 Å². The quantitative estimate of drug-likeness (QED) is 0.674. The molecule has 0 amide bonds. The van der Waals surface area contributed by atoms with Crippen LogP contribution in [-0.2, 0) is 0 Å². The number of rotatable bonds is 0. The van der Waals surface area contributed by atoms with Crippen molar-refractivity contribution in [3.63, 3.8) is 0 Å². The summed E-state index contributed by atoms with van der Waals surface area (Å²) in [7, 11) is 0. The maximum Gasteiger partial charge on any atom is 0.258 e. The average Bonchev–Trinajstić information content (AvgIpc) is 2.07. The number of hydrogen-bond donors (Lipinski definition) is 1. The Morgan fingerprint density at radius 3 is 2.79 bits per heavy atom. The summed E-state index contributed by atoms with van der Waals surface area (Å²) in [5.74, 6) is 0.0331. The predicted octanol–water partition coefficient (Wildman–Crippen LogP) is 1.02. The Bertz CT molecular complexity index is 558. The Morgan fingerprint density at radius 2 is 2.07 bits per heavy atom. The zero-order valence-corrected chi connectivity index (χ0v) is 7.98. The van der Waals surface area contributed by atoms with Gasteiger partial charge in [0.25, 0.3) is 5.56 Å². The van der Waals surface area contributed by atoms with Crippen LogP contribution in [0.15, 0.2) is 23.1 Å². The van der Waals surface area contributed by atoms with Crippen LogP contribution >= 0.6 is 0 Å². The lowest BCUT2D eigenvalue weighted by atomic mass is 10.3. The van der Waals surface area contributed by atoms with Crippen LogP contribution in [0.4, 0.5) is 0 Å². The minimum atomic E-state index is -0.175. The van der Waals surface area contributed by atoms with Crippen molar-refractivity contribution in [1.82, 2.24) is 9.38 Å². The fourth-order valence-electron chi connectivity index (χ4n) is 1.43. The van der Waals surface area contributed by atoms with Crippen LogP contribution in [0.5, 0.6) is 5.75 Å². The molecule has 2 heterocycles. The maximum atomic E-state index is 11.5. The topological polar surface area (TPSA) is 54.6 Å². The third kappa shape index (κ3) is 1.25. The molecule has 1 N–H and O–H groups in total. The molecule has 0 radical (unpaired) electrons. The summed E-state index contributed by atoms with van der Waals surface area (Å²) in [5, 5.41) is 9.58. The van der Waals surface area contributed by atoms with E-state index in [0.717, 1.165) is 5.56 Å². The van der Waals surface area contributed by atoms with Gasteiger partial charge in [0.05, 0.1) is 0 Å². The summed E-state index contributed by atoms with van der Waals surface area (Å²) in [5.41, 5.74) is 1.56. The molecular weight excluding hydrogens is 180 g/mol. The van der Waals surface area contributed by atoms with E-state index in [4.69, 9.17) is 0 Å². The van der Waals surface area contributed by atoms with Gasteiger partial charge in [-0.1, -0.05) is 0 Å². The first-order valence-corrected chi connectivity index (χ1v) is 4.27. The lowest BCUT2D eigenvalue weighted by Crippen LogP contribution is -2.14. The molecule has 0 unspecified atom stereocenters. The molecule has 4 heteroatoms. The Balaban J connectivity index is 3.02. The highest BCUT2D eigenvalue weighted by molar-refractivity contribution is 5.53. The molecule has 72 valence electrons. The highest BCUT2D eigenvalue weighted by Gasteiger charge is 2.04. The van der Waals surface area contributed by atoms with Gasteiger partial charge >= 0.3 is 0 Å². The van der Waals surface area contributed by atoms with Crippen LogP contribution in [-0.4, -0.2) is 14.5 Å². The van der Waals surface area contributed by atoms with Crippen LogP contribution < -0.4 is 5.56 Å². The van der Waals surface area contributed by atoms with Gasteiger partial charge in [-0.3, -0.25) is 9.20 Å².